The highest BCUT2D eigenvalue weighted by Crippen LogP contribution is 2.27. The normalized spacial score (nSPS) is 17.6. The number of nitriles is 1. The molecule has 0 bridgehead atoms. The molecule has 2 N–H and O–H groups in total. The summed E-state index contributed by atoms with van der Waals surface area (Å²) in [4.78, 5) is 0.249. The van der Waals surface area contributed by atoms with Gasteiger partial charge in [0.15, 0.2) is 0 Å². The van der Waals surface area contributed by atoms with Crippen LogP contribution in [0.5, 0.6) is 0 Å². The molecular weight excluding hydrogens is 286 g/mol. The summed E-state index contributed by atoms with van der Waals surface area (Å²) in [5.74, 6) is 0.521. The van der Waals surface area contributed by atoms with Crippen molar-refractivity contribution in [1.29, 1.82) is 5.26 Å². The molecule has 6 heteroatoms. The fourth-order valence-corrected chi connectivity index (χ4v) is 4.48. The minimum atomic E-state index is -3.51. The highest BCUT2D eigenvalue weighted by Gasteiger charge is 2.30. The summed E-state index contributed by atoms with van der Waals surface area (Å²) in [6.07, 6.45) is 2.66. The maximum Gasteiger partial charge on any atom is 0.243 e. The number of nitrogens with two attached hydrogens (primary N) is 1. The summed E-state index contributed by atoms with van der Waals surface area (Å²) in [5, 5.41) is 8.95. The zero-order valence-corrected chi connectivity index (χ0v) is 13.1. The van der Waals surface area contributed by atoms with Crippen LogP contribution in [0.4, 0.5) is 0 Å². The Morgan fingerprint density at radius 1 is 1.38 bits per heavy atom. The summed E-state index contributed by atoms with van der Waals surface area (Å²) in [7, 11) is -3.51. The van der Waals surface area contributed by atoms with E-state index < -0.39 is 10.0 Å². The van der Waals surface area contributed by atoms with Gasteiger partial charge in [-0.05, 0) is 56.3 Å². The Bertz CT molecular complexity index is 641. The smallest absolute Gasteiger partial charge is 0.243 e. The number of nitrogens with zero attached hydrogens (tertiary/aromatic N) is 2. The van der Waals surface area contributed by atoms with E-state index in [4.69, 9.17) is 11.0 Å². The molecule has 1 heterocycles. The van der Waals surface area contributed by atoms with E-state index in [-0.39, 0.29) is 4.90 Å². The summed E-state index contributed by atoms with van der Waals surface area (Å²) in [6.45, 7) is 3.47. The van der Waals surface area contributed by atoms with Crippen molar-refractivity contribution >= 4 is 10.0 Å². The molecule has 0 aromatic heterocycles. The summed E-state index contributed by atoms with van der Waals surface area (Å²) >= 11 is 0. The number of hydrogen-bond acceptors (Lipinski definition) is 4. The van der Waals surface area contributed by atoms with Crippen LogP contribution < -0.4 is 5.73 Å². The van der Waals surface area contributed by atoms with Gasteiger partial charge in [-0.15, -0.1) is 0 Å². The molecule has 0 saturated carbocycles. The first-order valence-electron chi connectivity index (χ1n) is 7.20. The predicted octanol–water partition coefficient (Wildman–Crippen LogP) is 1.62. The van der Waals surface area contributed by atoms with Crippen LogP contribution in [0.1, 0.15) is 30.4 Å². The third-order valence-corrected chi connectivity index (χ3v) is 6.12. The SMILES string of the molecule is Cc1ccc(C#N)cc1S(=O)(=O)N1CCC(CCN)CC1. The molecule has 1 aromatic rings. The maximum absolute atomic E-state index is 12.7. The Hall–Kier alpha value is -1.42. The number of aryl methyl sites for hydroxylation is 1. The third kappa shape index (κ3) is 3.43. The summed E-state index contributed by atoms with van der Waals surface area (Å²) < 4.78 is 27.0. The minimum Gasteiger partial charge on any atom is -0.330 e. The molecular formula is C15H21N3O2S. The molecule has 1 aromatic carbocycles. The van der Waals surface area contributed by atoms with Gasteiger partial charge in [0.1, 0.15) is 0 Å². The van der Waals surface area contributed by atoms with E-state index in [1.165, 1.54) is 10.4 Å². The van der Waals surface area contributed by atoms with E-state index in [1.54, 1.807) is 19.1 Å². The number of hydrogen-bond donors (Lipinski definition) is 1. The third-order valence-electron chi connectivity index (χ3n) is 4.08. The van der Waals surface area contributed by atoms with Crippen molar-refractivity contribution in [3.05, 3.63) is 29.3 Å². The Balaban J connectivity index is 2.22. The highest BCUT2D eigenvalue weighted by molar-refractivity contribution is 7.89. The van der Waals surface area contributed by atoms with Crippen LogP contribution in [0.25, 0.3) is 0 Å². The minimum absolute atomic E-state index is 0.249. The van der Waals surface area contributed by atoms with Crippen LogP contribution in [0.15, 0.2) is 23.1 Å². The summed E-state index contributed by atoms with van der Waals surface area (Å²) in [6, 6.07) is 6.79. The van der Waals surface area contributed by atoms with Gasteiger partial charge in [0.25, 0.3) is 0 Å². The zero-order chi connectivity index (χ0) is 15.5. The number of sulfonamides is 1. The first kappa shape index (κ1) is 16.0. The van der Waals surface area contributed by atoms with Gasteiger partial charge in [-0.25, -0.2) is 8.42 Å². The van der Waals surface area contributed by atoms with Crippen LogP contribution in [0, 0.1) is 24.2 Å². The van der Waals surface area contributed by atoms with Crippen molar-refractivity contribution in [1.82, 2.24) is 4.31 Å². The van der Waals surface area contributed by atoms with Gasteiger partial charge >= 0.3 is 0 Å². The van der Waals surface area contributed by atoms with Crippen molar-refractivity contribution in [3.63, 3.8) is 0 Å². The van der Waals surface area contributed by atoms with Crippen molar-refractivity contribution in [2.75, 3.05) is 19.6 Å². The van der Waals surface area contributed by atoms with E-state index in [0.717, 1.165) is 19.3 Å². The van der Waals surface area contributed by atoms with Gasteiger partial charge in [0.05, 0.1) is 16.5 Å². The van der Waals surface area contributed by atoms with Gasteiger partial charge in [0, 0.05) is 13.1 Å². The molecule has 0 unspecified atom stereocenters. The van der Waals surface area contributed by atoms with Crippen LogP contribution in [0.3, 0.4) is 0 Å². The lowest BCUT2D eigenvalue weighted by atomic mass is 9.95. The lowest BCUT2D eigenvalue weighted by Crippen LogP contribution is -2.39. The number of benzene rings is 1. The van der Waals surface area contributed by atoms with Gasteiger partial charge in [-0.1, -0.05) is 6.07 Å². The highest BCUT2D eigenvalue weighted by atomic mass is 32.2. The zero-order valence-electron chi connectivity index (χ0n) is 12.2. The van der Waals surface area contributed by atoms with Gasteiger partial charge in [-0.3, -0.25) is 0 Å². The summed E-state index contributed by atoms with van der Waals surface area (Å²) in [5.41, 5.74) is 6.61. The predicted molar refractivity (Wildman–Crippen MR) is 81.0 cm³/mol. The maximum atomic E-state index is 12.7. The average Bonchev–Trinajstić information content (AvgIpc) is 2.48. The van der Waals surface area contributed by atoms with Crippen LogP contribution in [-0.2, 0) is 10.0 Å². The first-order valence-corrected chi connectivity index (χ1v) is 8.64. The van der Waals surface area contributed by atoms with Crippen LogP contribution >= 0.6 is 0 Å². The molecule has 0 atom stereocenters. The lowest BCUT2D eigenvalue weighted by molar-refractivity contribution is 0.265. The van der Waals surface area contributed by atoms with Gasteiger partial charge < -0.3 is 5.73 Å². The molecule has 1 fully saturated rings. The molecule has 1 aliphatic heterocycles. The molecule has 114 valence electrons. The van der Waals surface area contributed by atoms with E-state index in [0.29, 0.717) is 36.7 Å². The Morgan fingerprint density at radius 3 is 2.62 bits per heavy atom. The second kappa shape index (κ2) is 6.56. The number of piperidine rings is 1. The van der Waals surface area contributed by atoms with E-state index in [2.05, 4.69) is 0 Å². The van der Waals surface area contributed by atoms with E-state index in [1.807, 2.05) is 6.07 Å². The second-order valence-electron chi connectivity index (χ2n) is 5.52. The number of rotatable bonds is 4. The average molecular weight is 307 g/mol. The molecule has 0 spiro atoms. The fraction of sp³-hybridized carbons (Fsp3) is 0.533. The van der Waals surface area contributed by atoms with E-state index in [9.17, 15) is 8.42 Å². The Morgan fingerprint density at radius 2 is 2.05 bits per heavy atom. The van der Waals surface area contributed by atoms with Crippen LogP contribution in [-0.4, -0.2) is 32.4 Å². The molecule has 1 saturated heterocycles. The van der Waals surface area contributed by atoms with Crippen LogP contribution in [0.2, 0.25) is 0 Å². The van der Waals surface area contributed by atoms with Crippen molar-refractivity contribution in [2.24, 2.45) is 11.7 Å². The molecule has 0 radical (unpaired) electrons. The van der Waals surface area contributed by atoms with Gasteiger partial charge in [0.2, 0.25) is 10.0 Å². The van der Waals surface area contributed by atoms with Gasteiger partial charge in [-0.2, -0.15) is 9.57 Å². The quantitative estimate of drug-likeness (QED) is 0.915. The largest absolute Gasteiger partial charge is 0.330 e. The standard InChI is InChI=1S/C15H21N3O2S/c1-12-2-3-14(11-17)10-15(12)21(19,20)18-8-5-13(4-7-16)6-9-18/h2-3,10,13H,4-9,16H2,1H3. The van der Waals surface area contributed by atoms with Crippen molar-refractivity contribution < 1.29 is 8.42 Å². The lowest BCUT2D eigenvalue weighted by Gasteiger charge is -2.31. The topological polar surface area (TPSA) is 87.2 Å². The molecule has 5 nitrogen and oxygen atoms in total. The van der Waals surface area contributed by atoms with Crippen molar-refractivity contribution in [3.8, 4) is 6.07 Å². The molecule has 21 heavy (non-hydrogen) atoms. The Labute approximate surface area is 126 Å². The Kier molecular flexibility index (Phi) is 4.99. The first-order chi connectivity index (χ1) is 9.98. The second-order valence-corrected chi connectivity index (χ2v) is 7.42. The molecule has 0 aliphatic carbocycles. The molecule has 1 aliphatic rings. The molecule has 0 amide bonds. The molecule has 2 rings (SSSR count). The van der Waals surface area contributed by atoms with Crippen molar-refractivity contribution in [2.45, 2.75) is 31.1 Å². The monoisotopic (exact) mass is 307 g/mol. The fourth-order valence-electron chi connectivity index (χ4n) is 2.76. The van der Waals surface area contributed by atoms with E-state index >= 15 is 0 Å².